The zero-order valence-corrected chi connectivity index (χ0v) is 10.7. The van der Waals surface area contributed by atoms with E-state index < -0.39 is 0 Å². The second kappa shape index (κ2) is 4.35. The molecule has 1 aromatic carbocycles. The predicted molar refractivity (Wildman–Crippen MR) is 75.1 cm³/mol. The van der Waals surface area contributed by atoms with Gasteiger partial charge in [-0.3, -0.25) is 9.78 Å². The molecule has 0 spiro atoms. The number of ketones is 1. The summed E-state index contributed by atoms with van der Waals surface area (Å²) in [7, 11) is 0. The molecule has 0 N–H and O–H groups in total. The summed E-state index contributed by atoms with van der Waals surface area (Å²) >= 11 is 1.50. The molecule has 3 aromatic rings. The average Bonchev–Trinajstić information content (AvgIpc) is 2.83. The molecule has 2 aromatic heterocycles. The first kappa shape index (κ1) is 11.1. The van der Waals surface area contributed by atoms with Crippen molar-refractivity contribution in [2.24, 2.45) is 0 Å². The summed E-state index contributed by atoms with van der Waals surface area (Å²) in [5.41, 5.74) is 2.21. The summed E-state index contributed by atoms with van der Waals surface area (Å²) in [5, 5.41) is 1.10. The van der Waals surface area contributed by atoms with Crippen LogP contribution in [0, 0.1) is 0 Å². The summed E-state index contributed by atoms with van der Waals surface area (Å²) in [6, 6.07) is 12.1. The zero-order chi connectivity index (χ0) is 12.5. The monoisotopic (exact) mass is 253 g/mol. The van der Waals surface area contributed by atoms with Crippen LogP contribution in [0.4, 0.5) is 0 Å². The van der Waals surface area contributed by atoms with Crippen LogP contribution in [0.1, 0.15) is 16.6 Å². The number of hydrogen-bond acceptors (Lipinski definition) is 3. The van der Waals surface area contributed by atoms with Crippen molar-refractivity contribution < 1.29 is 4.79 Å². The van der Waals surface area contributed by atoms with Gasteiger partial charge in [-0.1, -0.05) is 30.3 Å². The number of rotatable bonds is 2. The molecule has 0 amide bonds. The number of benzene rings is 1. The molecule has 0 aliphatic carbocycles. The van der Waals surface area contributed by atoms with Crippen molar-refractivity contribution in [2.75, 3.05) is 0 Å². The maximum absolute atomic E-state index is 11.5. The SMILES string of the molecule is CC(=O)c1cc2c(-c3ccccc3)cncc2s1. The van der Waals surface area contributed by atoms with Crippen LogP contribution in [0.15, 0.2) is 48.8 Å². The van der Waals surface area contributed by atoms with E-state index >= 15 is 0 Å². The van der Waals surface area contributed by atoms with Gasteiger partial charge in [0.2, 0.25) is 0 Å². The van der Waals surface area contributed by atoms with Crippen molar-refractivity contribution >= 4 is 27.2 Å². The summed E-state index contributed by atoms with van der Waals surface area (Å²) in [6.07, 6.45) is 3.67. The Bertz CT molecular complexity index is 716. The van der Waals surface area contributed by atoms with Gasteiger partial charge in [-0.05, 0) is 18.6 Å². The van der Waals surface area contributed by atoms with E-state index in [1.54, 1.807) is 6.92 Å². The van der Waals surface area contributed by atoms with E-state index in [4.69, 9.17) is 0 Å². The molecule has 0 unspecified atom stereocenters. The van der Waals surface area contributed by atoms with Gasteiger partial charge < -0.3 is 0 Å². The lowest BCUT2D eigenvalue weighted by molar-refractivity contribution is 0.102. The second-order valence-electron chi connectivity index (χ2n) is 4.13. The van der Waals surface area contributed by atoms with Gasteiger partial charge in [0.15, 0.2) is 5.78 Å². The van der Waals surface area contributed by atoms with Crippen LogP contribution >= 0.6 is 11.3 Å². The highest BCUT2D eigenvalue weighted by Gasteiger charge is 2.10. The Hall–Kier alpha value is -2.00. The maximum Gasteiger partial charge on any atom is 0.169 e. The van der Waals surface area contributed by atoms with E-state index in [2.05, 4.69) is 17.1 Å². The smallest absolute Gasteiger partial charge is 0.169 e. The molecule has 0 bridgehead atoms. The van der Waals surface area contributed by atoms with Gasteiger partial charge in [-0.15, -0.1) is 11.3 Å². The third-order valence-corrected chi connectivity index (χ3v) is 4.05. The Kier molecular flexibility index (Phi) is 2.68. The number of aromatic nitrogens is 1. The first-order chi connectivity index (χ1) is 8.75. The summed E-state index contributed by atoms with van der Waals surface area (Å²) < 4.78 is 1.06. The van der Waals surface area contributed by atoms with Crippen molar-refractivity contribution in [3.63, 3.8) is 0 Å². The van der Waals surface area contributed by atoms with Crippen molar-refractivity contribution in [1.29, 1.82) is 0 Å². The minimum atomic E-state index is 0.107. The van der Waals surface area contributed by atoms with E-state index in [1.807, 2.05) is 36.7 Å². The first-order valence-corrected chi connectivity index (χ1v) is 6.51. The fourth-order valence-corrected chi connectivity index (χ4v) is 2.93. The van der Waals surface area contributed by atoms with E-state index in [0.29, 0.717) is 0 Å². The van der Waals surface area contributed by atoms with Crippen LogP contribution < -0.4 is 0 Å². The highest BCUT2D eigenvalue weighted by atomic mass is 32.1. The van der Waals surface area contributed by atoms with E-state index in [1.165, 1.54) is 11.3 Å². The zero-order valence-electron chi connectivity index (χ0n) is 9.88. The van der Waals surface area contributed by atoms with E-state index in [0.717, 1.165) is 26.1 Å². The topological polar surface area (TPSA) is 30.0 Å². The van der Waals surface area contributed by atoms with Crippen LogP contribution in [-0.2, 0) is 0 Å². The minimum absolute atomic E-state index is 0.107. The van der Waals surface area contributed by atoms with Gasteiger partial charge in [-0.25, -0.2) is 0 Å². The molecule has 3 heteroatoms. The molecule has 88 valence electrons. The molecule has 18 heavy (non-hydrogen) atoms. The maximum atomic E-state index is 11.5. The van der Waals surface area contributed by atoms with E-state index in [-0.39, 0.29) is 5.78 Å². The van der Waals surface area contributed by atoms with Crippen molar-refractivity contribution in [1.82, 2.24) is 4.98 Å². The third kappa shape index (κ3) is 1.83. The molecule has 0 fully saturated rings. The molecule has 0 aliphatic heterocycles. The van der Waals surface area contributed by atoms with Crippen LogP contribution in [0.25, 0.3) is 21.2 Å². The molecule has 2 nitrogen and oxygen atoms in total. The number of thiophene rings is 1. The molecular formula is C15H11NOS. The number of nitrogens with zero attached hydrogens (tertiary/aromatic N) is 1. The van der Waals surface area contributed by atoms with Gasteiger partial charge in [-0.2, -0.15) is 0 Å². The lowest BCUT2D eigenvalue weighted by atomic mass is 10.0. The lowest BCUT2D eigenvalue weighted by Gasteiger charge is -2.01. The minimum Gasteiger partial charge on any atom is -0.294 e. The largest absolute Gasteiger partial charge is 0.294 e. The van der Waals surface area contributed by atoms with Gasteiger partial charge in [0, 0.05) is 23.3 Å². The van der Waals surface area contributed by atoms with Crippen LogP contribution in [0.2, 0.25) is 0 Å². The summed E-state index contributed by atoms with van der Waals surface area (Å²) in [6.45, 7) is 1.60. The quantitative estimate of drug-likeness (QED) is 0.642. The number of pyridine rings is 1. The first-order valence-electron chi connectivity index (χ1n) is 5.69. The number of fused-ring (bicyclic) bond motifs is 1. The Labute approximate surface area is 109 Å². The van der Waals surface area contributed by atoms with Crippen LogP contribution in [0.5, 0.6) is 0 Å². The summed E-state index contributed by atoms with van der Waals surface area (Å²) in [4.78, 5) is 16.5. The Morgan fingerprint density at radius 1 is 1.17 bits per heavy atom. The molecule has 2 heterocycles. The molecule has 0 radical (unpaired) electrons. The lowest BCUT2D eigenvalue weighted by Crippen LogP contribution is -1.84. The molecule has 3 rings (SSSR count). The number of Topliss-reactive ketones (excluding diaryl/α,β-unsaturated/α-hetero) is 1. The second-order valence-corrected chi connectivity index (χ2v) is 5.22. The van der Waals surface area contributed by atoms with Gasteiger partial charge in [0.25, 0.3) is 0 Å². The Morgan fingerprint density at radius 2 is 1.94 bits per heavy atom. The fraction of sp³-hybridized carbons (Fsp3) is 0.0667. The van der Waals surface area contributed by atoms with Crippen LogP contribution in [-0.4, -0.2) is 10.8 Å². The van der Waals surface area contributed by atoms with Crippen molar-refractivity contribution in [2.45, 2.75) is 6.92 Å². The van der Waals surface area contributed by atoms with Gasteiger partial charge in [0.05, 0.1) is 9.58 Å². The van der Waals surface area contributed by atoms with Gasteiger partial charge in [0.1, 0.15) is 0 Å². The number of hydrogen-bond donors (Lipinski definition) is 0. The van der Waals surface area contributed by atoms with E-state index in [9.17, 15) is 4.79 Å². The fourth-order valence-electron chi connectivity index (χ4n) is 1.98. The Balaban J connectivity index is 2.27. The van der Waals surface area contributed by atoms with Crippen molar-refractivity contribution in [3.8, 4) is 11.1 Å². The molecule has 0 aliphatic rings. The molecule has 0 saturated carbocycles. The molecule has 0 saturated heterocycles. The van der Waals surface area contributed by atoms with Crippen LogP contribution in [0.3, 0.4) is 0 Å². The van der Waals surface area contributed by atoms with Crippen molar-refractivity contribution in [3.05, 3.63) is 53.7 Å². The number of carbonyl (C=O) groups excluding carboxylic acids is 1. The Morgan fingerprint density at radius 3 is 2.67 bits per heavy atom. The molecular weight excluding hydrogens is 242 g/mol. The summed E-state index contributed by atoms with van der Waals surface area (Å²) in [5.74, 6) is 0.107. The predicted octanol–water partition coefficient (Wildman–Crippen LogP) is 4.17. The third-order valence-electron chi connectivity index (χ3n) is 2.88. The highest BCUT2D eigenvalue weighted by molar-refractivity contribution is 7.20. The average molecular weight is 253 g/mol. The standard InChI is InChI=1S/C15H11NOS/c1-10(17)14-7-12-13(8-16-9-15(12)18-14)11-5-3-2-4-6-11/h2-9H,1H3. The highest BCUT2D eigenvalue weighted by Crippen LogP contribution is 2.33. The normalized spacial score (nSPS) is 10.7. The molecule has 0 atom stereocenters. The van der Waals surface area contributed by atoms with Gasteiger partial charge >= 0.3 is 0 Å². The number of carbonyl (C=O) groups is 1.